The molecule has 0 saturated carbocycles. The second-order valence-corrected chi connectivity index (χ2v) is 6.13. The molecule has 0 unspecified atom stereocenters. The normalized spacial score (nSPS) is 11.9. The van der Waals surface area contributed by atoms with Gasteiger partial charge in [0.2, 0.25) is 0 Å². The Labute approximate surface area is 158 Å². The van der Waals surface area contributed by atoms with Gasteiger partial charge in [0, 0.05) is 57.7 Å². The molecule has 0 aliphatic heterocycles. The highest BCUT2D eigenvalue weighted by Crippen LogP contribution is 2.05. The van der Waals surface area contributed by atoms with Crippen molar-refractivity contribution in [3.05, 3.63) is 24.5 Å². The zero-order valence-corrected chi connectivity index (χ0v) is 17.6. The number of aliphatic imine (C=N–C) groups is 1. The number of aromatic nitrogens is 1. The maximum absolute atomic E-state index is 4.27. The van der Waals surface area contributed by atoms with Crippen LogP contribution in [0.25, 0.3) is 0 Å². The summed E-state index contributed by atoms with van der Waals surface area (Å²) in [6, 6.07) is 5.28. The highest BCUT2D eigenvalue weighted by molar-refractivity contribution is 14.0. The van der Waals surface area contributed by atoms with E-state index in [0.717, 1.165) is 38.6 Å². The number of halogens is 1. The van der Waals surface area contributed by atoms with Crippen molar-refractivity contribution in [1.82, 2.24) is 20.1 Å². The first-order chi connectivity index (χ1) is 10.5. The standard InChI is InChI=1S/C17H33N5.HI/c1-15(2)22(16(3)4)13-8-9-19-17(18-5)20-10-14-21-11-6-7-12-21;/h6-7,11-12,15-16H,8-10,13-14H2,1-5H3,(H2,18,19,20);1H. The van der Waals surface area contributed by atoms with E-state index in [1.807, 2.05) is 19.2 Å². The second kappa shape index (κ2) is 12.6. The van der Waals surface area contributed by atoms with Crippen LogP contribution in [0.1, 0.15) is 34.1 Å². The van der Waals surface area contributed by atoms with Gasteiger partial charge in [0.15, 0.2) is 5.96 Å². The van der Waals surface area contributed by atoms with Gasteiger partial charge in [-0.3, -0.25) is 9.89 Å². The highest BCUT2D eigenvalue weighted by atomic mass is 127. The van der Waals surface area contributed by atoms with Crippen LogP contribution in [0.3, 0.4) is 0 Å². The summed E-state index contributed by atoms with van der Waals surface area (Å²) in [5, 5.41) is 6.73. The van der Waals surface area contributed by atoms with Gasteiger partial charge in [0.25, 0.3) is 0 Å². The molecule has 0 atom stereocenters. The van der Waals surface area contributed by atoms with Crippen LogP contribution in [-0.2, 0) is 6.54 Å². The summed E-state index contributed by atoms with van der Waals surface area (Å²) in [6.07, 6.45) is 5.27. The van der Waals surface area contributed by atoms with Gasteiger partial charge in [-0.05, 0) is 46.2 Å². The fourth-order valence-electron chi connectivity index (χ4n) is 2.62. The maximum atomic E-state index is 4.27. The molecule has 0 fully saturated rings. The number of guanidine groups is 1. The second-order valence-electron chi connectivity index (χ2n) is 6.13. The van der Waals surface area contributed by atoms with Crippen LogP contribution in [0.2, 0.25) is 0 Å². The van der Waals surface area contributed by atoms with Gasteiger partial charge in [-0.1, -0.05) is 0 Å². The van der Waals surface area contributed by atoms with E-state index < -0.39 is 0 Å². The smallest absolute Gasteiger partial charge is 0.191 e. The van der Waals surface area contributed by atoms with Crippen LogP contribution >= 0.6 is 24.0 Å². The molecule has 1 rings (SSSR count). The third kappa shape index (κ3) is 9.20. The molecule has 0 saturated heterocycles. The van der Waals surface area contributed by atoms with E-state index in [9.17, 15) is 0 Å². The van der Waals surface area contributed by atoms with Crippen molar-refractivity contribution in [3.8, 4) is 0 Å². The average molecular weight is 435 g/mol. The van der Waals surface area contributed by atoms with Crippen LogP contribution in [-0.4, -0.2) is 54.2 Å². The van der Waals surface area contributed by atoms with E-state index in [1.165, 1.54) is 0 Å². The fraction of sp³-hybridized carbons (Fsp3) is 0.706. The highest BCUT2D eigenvalue weighted by Gasteiger charge is 2.12. The molecule has 1 aromatic rings. The summed E-state index contributed by atoms with van der Waals surface area (Å²) in [7, 11) is 1.82. The summed E-state index contributed by atoms with van der Waals surface area (Å²) < 4.78 is 2.16. The molecular weight excluding hydrogens is 401 g/mol. The van der Waals surface area contributed by atoms with Gasteiger partial charge >= 0.3 is 0 Å². The van der Waals surface area contributed by atoms with Crippen LogP contribution in [0.15, 0.2) is 29.5 Å². The Morgan fingerprint density at radius 1 is 1.04 bits per heavy atom. The lowest BCUT2D eigenvalue weighted by atomic mass is 10.2. The van der Waals surface area contributed by atoms with Gasteiger partial charge in [-0.25, -0.2) is 0 Å². The first kappa shape index (κ1) is 22.2. The quantitative estimate of drug-likeness (QED) is 0.271. The van der Waals surface area contributed by atoms with E-state index in [4.69, 9.17) is 0 Å². The predicted octanol–water partition coefficient (Wildman–Crippen LogP) is 2.78. The summed E-state index contributed by atoms with van der Waals surface area (Å²) in [6.45, 7) is 12.9. The molecule has 0 radical (unpaired) electrons. The van der Waals surface area contributed by atoms with Crippen LogP contribution in [0.4, 0.5) is 0 Å². The largest absolute Gasteiger partial charge is 0.356 e. The van der Waals surface area contributed by atoms with Crippen molar-refractivity contribution < 1.29 is 0 Å². The van der Waals surface area contributed by atoms with Gasteiger partial charge in [0.1, 0.15) is 0 Å². The van der Waals surface area contributed by atoms with E-state index >= 15 is 0 Å². The minimum atomic E-state index is 0. The lowest BCUT2D eigenvalue weighted by molar-refractivity contribution is 0.173. The Morgan fingerprint density at radius 3 is 2.13 bits per heavy atom. The van der Waals surface area contributed by atoms with E-state index in [2.05, 4.69) is 65.2 Å². The number of hydrogen-bond acceptors (Lipinski definition) is 2. The van der Waals surface area contributed by atoms with Crippen LogP contribution in [0.5, 0.6) is 0 Å². The monoisotopic (exact) mass is 435 g/mol. The maximum Gasteiger partial charge on any atom is 0.191 e. The fourth-order valence-corrected chi connectivity index (χ4v) is 2.62. The van der Waals surface area contributed by atoms with E-state index in [0.29, 0.717) is 12.1 Å². The zero-order chi connectivity index (χ0) is 16.4. The molecule has 2 N–H and O–H groups in total. The van der Waals surface area contributed by atoms with Gasteiger partial charge in [0.05, 0.1) is 0 Å². The molecule has 23 heavy (non-hydrogen) atoms. The van der Waals surface area contributed by atoms with Gasteiger partial charge in [-0.15, -0.1) is 24.0 Å². The summed E-state index contributed by atoms with van der Waals surface area (Å²) in [5.41, 5.74) is 0. The SMILES string of the molecule is CN=C(NCCCN(C(C)C)C(C)C)NCCn1cccc1.I. The first-order valence-corrected chi connectivity index (χ1v) is 8.35. The third-order valence-corrected chi connectivity index (χ3v) is 3.76. The molecule has 1 aromatic heterocycles. The Morgan fingerprint density at radius 2 is 1.61 bits per heavy atom. The van der Waals surface area contributed by atoms with Crippen LogP contribution < -0.4 is 10.6 Å². The Hall–Kier alpha value is -0.760. The molecule has 0 spiro atoms. The van der Waals surface area contributed by atoms with Crippen molar-refractivity contribution >= 4 is 29.9 Å². The van der Waals surface area contributed by atoms with E-state index in [-0.39, 0.29) is 24.0 Å². The molecular formula is C17H34IN5. The minimum Gasteiger partial charge on any atom is -0.356 e. The van der Waals surface area contributed by atoms with Crippen molar-refractivity contribution in [3.63, 3.8) is 0 Å². The molecule has 0 amide bonds. The molecule has 1 heterocycles. The molecule has 0 bridgehead atoms. The molecule has 0 aliphatic carbocycles. The average Bonchev–Trinajstić information content (AvgIpc) is 2.97. The Bertz CT molecular complexity index is 407. The molecule has 5 nitrogen and oxygen atoms in total. The summed E-state index contributed by atoms with van der Waals surface area (Å²) >= 11 is 0. The lowest BCUT2D eigenvalue weighted by Gasteiger charge is -2.30. The van der Waals surface area contributed by atoms with Crippen LogP contribution in [0, 0.1) is 0 Å². The molecule has 0 aromatic carbocycles. The van der Waals surface area contributed by atoms with Crippen molar-refractivity contribution in [2.24, 2.45) is 4.99 Å². The molecule has 134 valence electrons. The molecule has 0 aliphatic rings. The van der Waals surface area contributed by atoms with Gasteiger partial charge < -0.3 is 15.2 Å². The Balaban J connectivity index is 0.00000484. The summed E-state index contributed by atoms with van der Waals surface area (Å²) in [5.74, 6) is 0.882. The number of hydrogen-bond donors (Lipinski definition) is 2. The predicted molar refractivity (Wildman–Crippen MR) is 111 cm³/mol. The lowest BCUT2D eigenvalue weighted by Crippen LogP contribution is -2.42. The topological polar surface area (TPSA) is 44.6 Å². The zero-order valence-electron chi connectivity index (χ0n) is 15.2. The third-order valence-electron chi connectivity index (χ3n) is 3.76. The van der Waals surface area contributed by atoms with Crippen molar-refractivity contribution in [2.45, 2.75) is 52.7 Å². The number of nitrogens with zero attached hydrogens (tertiary/aromatic N) is 3. The Kier molecular flexibility index (Phi) is 12.2. The van der Waals surface area contributed by atoms with Crippen molar-refractivity contribution in [2.75, 3.05) is 26.7 Å². The minimum absolute atomic E-state index is 0. The number of rotatable bonds is 9. The number of nitrogens with one attached hydrogen (secondary N) is 2. The van der Waals surface area contributed by atoms with Gasteiger partial charge in [-0.2, -0.15) is 0 Å². The molecule has 6 heteroatoms. The first-order valence-electron chi connectivity index (χ1n) is 8.35. The van der Waals surface area contributed by atoms with Crippen molar-refractivity contribution in [1.29, 1.82) is 0 Å². The van der Waals surface area contributed by atoms with E-state index in [1.54, 1.807) is 0 Å². The summed E-state index contributed by atoms with van der Waals surface area (Å²) in [4.78, 5) is 6.78.